The van der Waals surface area contributed by atoms with Gasteiger partial charge in [-0.25, -0.2) is 9.98 Å². The van der Waals surface area contributed by atoms with Crippen molar-refractivity contribution in [3.05, 3.63) is 76.8 Å². The number of fused-ring (bicyclic) bond motifs is 1. The van der Waals surface area contributed by atoms with Gasteiger partial charge in [0.05, 0.1) is 12.8 Å². The van der Waals surface area contributed by atoms with Crippen LogP contribution in [0.15, 0.2) is 69.5 Å². The van der Waals surface area contributed by atoms with E-state index in [2.05, 4.69) is 22.2 Å². The minimum absolute atomic E-state index is 0.209. The maximum atomic E-state index is 12.9. The molecule has 0 bridgehead atoms. The summed E-state index contributed by atoms with van der Waals surface area (Å²) in [5.41, 5.74) is 2.97. The molecule has 0 atom stereocenters. The Kier molecular flexibility index (Phi) is 5.39. The molecule has 0 saturated heterocycles. The number of amides is 1. The summed E-state index contributed by atoms with van der Waals surface area (Å²) >= 11 is 1.35. The molecule has 0 aliphatic rings. The Bertz CT molecular complexity index is 1210. The third kappa shape index (κ3) is 4.05. The quantitative estimate of drug-likeness (QED) is 0.510. The SMILES string of the molecule is CCc1ccc(N=c2oc3c(OC)cccc3cc2C(=O)Nc2nccs2)cc1. The van der Waals surface area contributed by atoms with Crippen LogP contribution in [0.4, 0.5) is 10.8 Å². The van der Waals surface area contributed by atoms with E-state index in [-0.39, 0.29) is 11.5 Å². The molecule has 7 heteroatoms. The molecule has 1 amide bonds. The number of hydrogen-bond donors (Lipinski definition) is 1. The predicted molar refractivity (Wildman–Crippen MR) is 114 cm³/mol. The molecule has 4 rings (SSSR count). The highest BCUT2D eigenvalue weighted by molar-refractivity contribution is 7.13. The second kappa shape index (κ2) is 8.28. The summed E-state index contributed by atoms with van der Waals surface area (Å²) in [6, 6.07) is 15.1. The van der Waals surface area contributed by atoms with Gasteiger partial charge in [0, 0.05) is 17.0 Å². The number of thiazole rings is 1. The zero-order chi connectivity index (χ0) is 20.2. The average Bonchev–Trinajstić information content (AvgIpc) is 3.26. The molecule has 2 heterocycles. The van der Waals surface area contributed by atoms with Gasteiger partial charge in [-0.3, -0.25) is 10.1 Å². The van der Waals surface area contributed by atoms with Crippen molar-refractivity contribution in [2.75, 3.05) is 12.4 Å². The topological polar surface area (TPSA) is 76.7 Å². The number of nitrogens with one attached hydrogen (secondary N) is 1. The van der Waals surface area contributed by atoms with Crippen molar-refractivity contribution in [1.82, 2.24) is 4.98 Å². The number of carbonyl (C=O) groups is 1. The lowest BCUT2D eigenvalue weighted by molar-refractivity contribution is 0.102. The summed E-state index contributed by atoms with van der Waals surface area (Å²) in [4.78, 5) is 21.6. The molecule has 2 aromatic carbocycles. The van der Waals surface area contributed by atoms with Crippen molar-refractivity contribution in [3.8, 4) is 5.75 Å². The van der Waals surface area contributed by atoms with Gasteiger partial charge in [0.2, 0.25) is 5.55 Å². The number of aromatic nitrogens is 1. The molecule has 2 aromatic heterocycles. The number of para-hydroxylation sites is 1. The van der Waals surface area contributed by atoms with Crippen LogP contribution in [0, 0.1) is 0 Å². The second-order valence-electron chi connectivity index (χ2n) is 6.27. The first kappa shape index (κ1) is 18.9. The molecule has 0 saturated carbocycles. The molecule has 0 aliphatic carbocycles. The number of rotatable bonds is 5. The average molecular weight is 405 g/mol. The van der Waals surface area contributed by atoms with E-state index in [0.717, 1.165) is 11.8 Å². The van der Waals surface area contributed by atoms with E-state index in [9.17, 15) is 4.79 Å². The molecule has 0 radical (unpaired) electrons. The number of carbonyl (C=O) groups excluding carboxylic acids is 1. The summed E-state index contributed by atoms with van der Waals surface area (Å²) in [5.74, 6) is 0.240. The van der Waals surface area contributed by atoms with Crippen molar-refractivity contribution in [2.24, 2.45) is 4.99 Å². The zero-order valence-corrected chi connectivity index (χ0v) is 16.8. The Labute approximate surface area is 171 Å². The minimum atomic E-state index is -0.336. The van der Waals surface area contributed by atoms with Crippen LogP contribution < -0.4 is 15.6 Å². The Morgan fingerprint density at radius 2 is 2.07 bits per heavy atom. The molecule has 6 nitrogen and oxygen atoms in total. The Morgan fingerprint density at radius 3 is 2.76 bits per heavy atom. The van der Waals surface area contributed by atoms with E-state index in [4.69, 9.17) is 9.15 Å². The molecule has 4 aromatic rings. The van der Waals surface area contributed by atoms with Crippen molar-refractivity contribution in [3.63, 3.8) is 0 Å². The van der Waals surface area contributed by atoms with Crippen LogP contribution in [0.5, 0.6) is 5.75 Å². The molecule has 0 unspecified atom stereocenters. The summed E-state index contributed by atoms with van der Waals surface area (Å²) in [7, 11) is 1.58. The molecule has 0 spiro atoms. The Morgan fingerprint density at radius 1 is 1.24 bits per heavy atom. The highest BCUT2D eigenvalue weighted by Gasteiger charge is 2.15. The Balaban J connectivity index is 1.88. The number of methoxy groups -OCH3 is 1. The van der Waals surface area contributed by atoms with Crippen molar-refractivity contribution in [1.29, 1.82) is 0 Å². The number of aryl methyl sites for hydroxylation is 1. The highest BCUT2D eigenvalue weighted by Crippen LogP contribution is 2.25. The zero-order valence-electron chi connectivity index (χ0n) is 16.0. The fourth-order valence-electron chi connectivity index (χ4n) is 2.90. The standard InChI is InChI=1S/C22H19N3O3S/c1-3-14-7-9-16(10-8-14)24-21-17(20(26)25-22-23-11-12-29-22)13-15-5-4-6-18(27-2)19(15)28-21/h4-13H,3H2,1-2H3,(H,23,25,26). The van der Waals surface area contributed by atoms with Gasteiger partial charge < -0.3 is 9.15 Å². The highest BCUT2D eigenvalue weighted by atomic mass is 32.1. The van der Waals surface area contributed by atoms with E-state index >= 15 is 0 Å². The number of anilines is 1. The van der Waals surface area contributed by atoms with Crippen LogP contribution in [0.3, 0.4) is 0 Å². The number of nitrogens with zero attached hydrogens (tertiary/aromatic N) is 2. The molecule has 1 N–H and O–H groups in total. The van der Waals surface area contributed by atoms with Gasteiger partial charge in [-0.05, 0) is 36.2 Å². The normalized spacial score (nSPS) is 11.6. The van der Waals surface area contributed by atoms with E-state index in [1.807, 2.05) is 36.4 Å². The maximum absolute atomic E-state index is 12.9. The first-order chi connectivity index (χ1) is 14.2. The number of hydrogen-bond acceptors (Lipinski definition) is 6. The van der Waals surface area contributed by atoms with Crippen LogP contribution in [0.2, 0.25) is 0 Å². The molecule has 0 aliphatic heterocycles. The lowest BCUT2D eigenvalue weighted by atomic mass is 10.1. The van der Waals surface area contributed by atoms with Crippen LogP contribution in [0.1, 0.15) is 22.8 Å². The fraction of sp³-hybridized carbons (Fsp3) is 0.136. The van der Waals surface area contributed by atoms with E-state index in [1.54, 1.807) is 30.8 Å². The van der Waals surface area contributed by atoms with Crippen molar-refractivity contribution >= 4 is 39.0 Å². The van der Waals surface area contributed by atoms with Crippen molar-refractivity contribution < 1.29 is 13.9 Å². The van der Waals surface area contributed by atoms with Crippen molar-refractivity contribution in [2.45, 2.75) is 13.3 Å². The van der Waals surface area contributed by atoms with Gasteiger partial charge in [0.1, 0.15) is 5.56 Å². The van der Waals surface area contributed by atoms with Crippen LogP contribution in [-0.2, 0) is 6.42 Å². The first-order valence-corrected chi connectivity index (χ1v) is 10.0. The van der Waals surface area contributed by atoms with Gasteiger partial charge in [0.15, 0.2) is 16.5 Å². The van der Waals surface area contributed by atoms with E-state index in [1.165, 1.54) is 16.9 Å². The number of ether oxygens (including phenoxy) is 1. The van der Waals surface area contributed by atoms with E-state index < -0.39 is 0 Å². The molecule has 146 valence electrons. The van der Waals surface area contributed by atoms with Crippen LogP contribution >= 0.6 is 11.3 Å². The lowest BCUT2D eigenvalue weighted by Crippen LogP contribution is -2.21. The van der Waals surface area contributed by atoms with Crippen LogP contribution in [0.25, 0.3) is 11.0 Å². The smallest absolute Gasteiger partial charge is 0.262 e. The number of benzene rings is 2. The van der Waals surface area contributed by atoms with Gasteiger partial charge in [-0.15, -0.1) is 11.3 Å². The van der Waals surface area contributed by atoms with Gasteiger partial charge in [0.25, 0.3) is 5.91 Å². The van der Waals surface area contributed by atoms with Crippen LogP contribution in [-0.4, -0.2) is 18.0 Å². The predicted octanol–water partition coefficient (Wildman–Crippen LogP) is 4.95. The third-order valence-corrected chi connectivity index (χ3v) is 5.12. The third-order valence-electron chi connectivity index (χ3n) is 4.43. The first-order valence-electron chi connectivity index (χ1n) is 9.13. The minimum Gasteiger partial charge on any atom is -0.493 e. The largest absolute Gasteiger partial charge is 0.493 e. The summed E-state index contributed by atoms with van der Waals surface area (Å²) in [6.45, 7) is 2.10. The van der Waals surface area contributed by atoms with E-state index in [0.29, 0.717) is 27.7 Å². The molecular weight excluding hydrogens is 386 g/mol. The summed E-state index contributed by atoms with van der Waals surface area (Å²) in [6.07, 6.45) is 2.58. The lowest BCUT2D eigenvalue weighted by Gasteiger charge is -2.08. The molecule has 0 fully saturated rings. The maximum Gasteiger partial charge on any atom is 0.262 e. The van der Waals surface area contributed by atoms with Gasteiger partial charge in [-0.2, -0.15) is 0 Å². The van der Waals surface area contributed by atoms with Gasteiger partial charge >= 0.3 is 0 Å². The summed E-state index contributed by atoms with van der Waals surface area (Å²) in [5, 5.41) is 5.85. The molecular formula is C22H19N3O3S. The van der Waals surface area contributed by atoms with Gasteiger partial charge in [-0.1, -0.05) is 31.2 Å². The summed E-state index contributed by atoms with van der Waals surface area (Å²) < 4.78 is 11.5. The second-order valence-corrected chi connectivity index (χ2v) is 7.16. The molecule has 29 heavy (non-hydrogen) atoms. The Hall–Kier alpha value is -3.45. The monoisotopic (exact) mass is 405 g/mol. The fourth-order valence-corrected chi connectivity index (χ4v) is 3.43.